The molecule has 1 aromatic carbocycles. The fourth-order valence-corrected chi connectivity index (χ4v) is 3.20. The van der Waals surface area contributed by atoms with Crippen LogP contribution >= 0.6 is 0 Å². The van der Waals surface area contributed by atoms with E-state index in [1.807, 2.05) is 17.9 Å². The minimum Gasteiger partial charge on any atom is -0.464 e. The third-order valence-electron chi connectivity index (χ3n) is 4.79. The summed E-state index contributed by atoms with van der Waals surface area (Å²) in [5.74, 6) is 0.223. The minimum absolute atomic E-state index is 0.0105. The van der Waals surface area contributed by atoms with E-state index in [9.17, 15) is 9.59 Å². The third kappa shape index (κ3) is 3.45. The van der Waals surface area contributed by atoms with Gasteiger partial charge in [-0.1, -0.05) is 12.1 Å². The van der Waals surface area contributed by atoms with E-state index in [1.54, 1.807) is 6.26 Å². The molecule has 0 bridgehead atoms. The Labute approximate surface area is 142 Å². The van der Waals surface area contributed by atoms with Gasteiger partial charge < -0.3 is 14.6 Å². The average molecular weight is 328 g/mol. The van der Waals surface area contributed by atoms with Gasteiger partial charge in [0.05, 0.1) is 12.7 Å². The van der Waals surface area contributed by atoms with Crippen molar-refractivity contribution in [1.82, 2.24) is 10.2 Å². The van der Waals surface area contributed by atoms with Gasteiger partial charge in [0.2, 0.25) is 11.8 Å². The summed E-state index contributed by atoms with van der Waals surface area (Å²) in [4.78, 5) is 25.5. The lowest BCUT2D eigenvalue weighted by Gasteiger charge is -2.15. The van der Waals surface area contributed by atoms with E-state index in [0.29, 0.717) is 19.4 Å². The summed E-state index contributed by atoms with van der Waals surface area (Å²) in [6.07, 6.45) is 4.41. The van der Waals surface area contributed by atoms with Crippen LogP contribution in [0.5, 0.6) is 0 Å². The van der Waals surface area contributed by atoms with Gasteiger partial charge in [-0.25, -0.2) is 0 Å². The molecule has 1 aliphatic rings. The second-order valence-electron chi connectivity index (χ2n) is 6.51. The Hall–Kier alpha value is -2.30. The fraction of sp³-hybridized carbons (Fsp3) is 0.474. The van der Waals surface area contributed by atoms with Crippen molar-refractivity contribution in [3.63, 3.8) is 0 Å². The monoisotopic (exact) mass is 328 g/mol. The molecule has 1 fully saturated rings. The predicted molar refractivity (Wildman–Crippen MR) is 92.8 cm³/mol. The highest BCUT2D eigenvalue weighted by Gasteiger charge is 2.19. The van der Waals surface area contributed by atoms with Crippen LogP contribution in [0, 0.1) is 13.8 Å². The molecule has 2 aromatic rings. The summed E-state index contributed by atoms with van der Waals surface area (Å²) in [6.45, 7) is 6.26. The molecule has 3 rings (SSSR count). The number of benzene rings is 1. The van der Waals surface area contributed by atoms with Crippen molar-refractivity contribution in [1.29, 1.82) is 0 Å². The largest absolute Gasteiger partial charge is 0.464 e. The molecular weight excluding hydrogens is 304 g/mol. The molecule has 0 radical (unpaired) electrons. The number of nitrogens with zero attached hydrogens (tertiary/aromatic N) is 1. The normalized spacial score (nSPS) is 14.6. The Morgan fingerprint density at radius 2 is 2.17 bits per heavy atom. The molecule has 1 aliphatic heterocycles. The number of carbonyl (C=O) groups is 2. The van der Waals surface area contributed by atoms with Gasteiger partial charge in [-0.05, 0) is 37.8 Å². The van der Waals surface area contributed by atoms with Crippen LogP contribution in [0.2, 0.25) is 0 Å². The first kappa shape index (κ1) is 16.6. The molecular formula is C19H24N2O3. The highest BCUT2D eigenvalue weighted by atomic mass is 16.3. The van der Waals surface area contributed by atoms with E-state index in [4.69, 9.17) is 4.42 Å². The van der Waals surface area contributed by atoms with E-state index in [-0.39, 0.29) is 11.8 Å². The summed E-state index contributed by atoms with van der Waals surface area (Å²) in [5.41, 5.74) is 4.09. The Morgan fingerprint density at radius 1 is 1.33 bits per heavy atom. The molecule has 0 spiro atoms. The Kier molecular flexibility index (Phi) is 4.88. The Morgan fingerprint density at radius 3 is 2.92 bits per heavy atom. The number of likely N-dealkylation sites (tertiary alicyclic amines) is 1. The minimum atomic E-state index is -0.0105. The number of amides is 2. The lowest BCUT2D eigenvalue weighted by molar-refractivity contribution is -0.127. The van der Waals surface area contributed by atoms with Gasteiger partial charge in [0.1, 0.15) is 5.58 Å². The molecule has 1 aromatic heterocycles. The van der Waals surface area contributed by atoms with Crippen molar-refractivity contribution >= 4 is 22.8 Å². The standard InChI is InChI=1S/C19H24N2O3/c1-13-6-7-16-15(12-24-19(16)14(13)2)11-17(22)20-8-4-10-21-9-3-5-18(21)23/h6-7,12H,3-5,8-11H2,1-2H3,(H,20,22). The zero-order valence-corrected chi connectivity index (χ0v) is 14.4. The zero-order valence-electron chi connectivity index (χ0n) is 14.4. The summed E-state index contributed by atoms with van der Waals surface area (Å²) in [6, 6.07) is 4.07. The molecule has 5 nitrogen and oxygen atoms in total. The summed E-state index contributed by atoms with van der Waals surface area (Å²) in [7, 11) is 0. The maximum atomic E-state index is 12.1. The van der Waals surface area contributed by atoms with Crippen LogP contribution in [0.4, 0.5) is 0 Å². The van der Waals surface area contributed by atoms with Crippen molar-refractivity contribution in [2.75, 3.05) is 19.6 Å². The summed E-state index contributed by atoms with van der Waals surface area (Å²) < 4.78 is 5.64. The molecule has 0 atom stereocenters. The zero-order chi connectivity index (χ0) is 17.1. The van der Waals surface area contributed by atoms with Crippen LogP contribution in [0.1, 0.15) is 36.0 Å². The molecule has 0 saturated carbocycles. The average Bonchev–Trinajstić information content (AvgIpc) is 3.15. The molecule has 128 valence electrons. The van der Waals surface area contributed by atoms with E-state index in [2.05, 4.69) is 18.3 Å². The number of rotatable bonds is 6. The fourth-order valence-electron chi connectivity index (χ4n) is 3.20. The first-order valence-electron chi connectivity index (χ1n) is 8.57. The second kappa shape index (κ2) is 7.07. The smallest absolute Gasteiger partial charge is 0.224 e. The van der Waals surface area contributed by atoms with Gasteiger partial charge in [-0.3, -0.25) is 9.59 Å². The summed E-state index contributed by atoms with van der Waals surface area (Å²) in [5, 5.41) is 3.94. The Bertz CT molecular complexity index is 763. The lowest BCUT2D eigenvalue weighted by atomic mass is 10.0. The number of hydrogen-bond donors (Lipinski definition) is 1. The van der Waals surface area contributed by atoms with E-state index in [1.165, 1.54) is 5.56 Å². The number of nitrogens with one attached hydrogen (secondary N) is 1. The highest BCUT2D eigenvalue weighted by molar-refractivity contribution is 5.89. The second-order valence-corrected chi connectivity index (χ2v) is 6.51. The molecule has 5 heteroatoms. The van der Waals surface area contributed by atoms with Gasteiger partial charge >= 0.3 is 0 Å². The highest BCUT2D eigenvalue weighted by Crippen LogP contribution is 2.26. The van der Waals surface area contributed by atoms with Crippen LogP contribution in [0.25, 0.3) is 11.0 Å². The van der Waals surface area contributed by atoms with Crippen molar-refractivity contribution in [2.24, 2.45) is 0 Å². The van der Waals surface area contributed by atoms with Crippen LogP contribution in [-0.4, -0.2) is 36.3 Å². The van der Waals surface area contributed by atoms with Gasteiger partial charge in [0.25, 0.3) is 0 Å². The van der Waals surface area contributed by atoms with Gasteiger partial charge in [0, 0.05) is 37.0 Å². The first-order valence-corrected chi connectivity index (χ1v) is 8.57. The third-order valence-corrected chi connectivity index (χ3v) is 4.79. The van der Waals surface area contributed by atoms with Crippen molar-refractivity contribution < 1.29 is 14.0 Å². The van der Waals surface area contributed by atoms with Crippen molar-refractivity contribution in [3.05, 3.63) is 35.1 Å². The maximum Gasteiger partial charge on any atom is 0.224 e. The van der Waals surface area contributed by atoms with Crippen LogP contribution < -0.4 is 5.32 Å². The number of fused-ring (bicyclic) bond motifs is 1. The van der Waals surface area contributed by atoms with Crippen molar-refractivity contribution in [3.8, 4) is 0 Å². The molecule has 1 saturated heterocycles. The molecule has 0 unspecified atom stereocenters. The topological polar surface area (TPSA) is 62.6 Å². The number of furan rings is 1. The molecule has 2 heterocycles. The van der Waals surface area contributed by atoms with E-state index < -0.39 is 0 Å². The number of carbonyl (C=O) groups excluding carboxylic acids is 2. The van der Waals surface area contributed by atoms with Crippen LogP contribution in [0.3, 0.4) is 0 Å². The first-order chi connectivity index (χ1) is 11.6. The van der Waals surface area contributed by atoms with Gasteiger partial charge in [0.15, 0.2) is 0 Å². The number of aryl methyl sites for hydroxylation is 2. The van der Waals surface area contributed by atoms with E-state index in [0.717, 1.165) is 48.0 Å². The van der Waals surface area contributed by atoms with Crippen molar-refractivity contribution in [2.45, 2.75) is 39.5 Å². The molecule has 24 heavy (non-hydrogen) atoms. The van der Waals surface area contributed by atoms with E-state index >= 15 is 0 Å². The lowest BCUT2D eigenvalue weighted by Crippen LogP contribution is -2.31. The maximum absolute atomic E-state index is 12.1. The van der Waals surface area contributed by atoms with Crippen LogP contribution in [-0.2, 0) is 16.0 Å². The molecule has 1 N–H and O–H groups in total. The SMILES string of the molecule is Cc1ccc2c(CC(=O)NCCCN3CCCC3=O)coc2c1C. The molecule has 2 amide bonds. The van der Waals surface area contributed by atoms with Gasteiger partial charge in [-0.15, -0.1) is 0 Å². The predicted octanol–water partition coefficient (Wildman–Crippen LogP) is 2.72. The number of hydrogen-bond acceptors (Lipinski definition) is 3. The molecule has 0 aliphatic carbocycles. The summed E-state index contributed by atoms with van der Waals surface area (Å²) >= 11 is 0. The van der Waals surface area contributed by atoms with Gasteiger partial charge in [-0.2, -0.15) is 0 Å². The van der Waals surface area contributed by atoms with Crippen LogP contribution in [0.15, 0.2) is 22.8 Å². The Balaban J connectivity index is 1.50. The quantitative estimate of drug-likeness (QED) is 0.829.